The van der Waals surface area contributed by atoms with Crippen molar-refractivity contribution < 1.29 is 4.74 Å². The zero-order valence-corrected chi connectivity index (χ0v) is 10.4. The standard InChI is InChI=1S/C13H21N3O/c1-2-3-4-6-16-10-15-8-12(16)13(14)11-5-7-17-9-11/h2-3,8,10-11,13H,4-7,9,14H2,1H3/b3-2+. The molecule has 1 aromatic rings. The minimum atomic E-state index is 0.0469. The summed E-state index contributed by atoms with van der Waals surface area (Å²) >= 11 is 0. The fraction of sp³-hybridized carbons (Fsp3) is 0.615. The average Bonchev–Trinajstić information content (AvgIpc) is 3.00. The molecule has 0 spiro atoms. The van der Waals surface area contributed by atoms with Gasteiger partial charge in [0.15, 0.2) is 0 Å². The Hall–Kier alpha value is -1.13. The molecule has 2 rings (SSSR count). The van der Waals surface area contributed by atoms with Crippen LogP contribution in [0.3, 0.4) is 0 Å². The Morgan fingerprint density at radius 2 is 2.59 bits per heavy atom. The molecule has 94 valence electrons. The molecule has 0 radical (unpaired) electrons. The lowest BCUT2D eigenvalue weighted by atomic mass is 9.97. The van der Waals surface area contributed by atoms with Gasteiger partial charge in [-0.2, -0.15) is 0 Å². The van der Waals surface area contributed by atoms with Gasteiger partial charge in [0, 0.05) is 25.3 Å². The van der Waals surface area contributed by atoms with E-state index in [1.807, 2.05) is 19.4 Å². The first-order valence-electron chi connectivity index (χ1n) is 6.27. The van der Waals surface area contributed by atoms with Crippen LogP contribution in [0.2, 0.25) is 0 Å². The molecule has 1 aliphatic rings. The molecular weight excluding hydrogens is 214 g/mol. The van der Waals surface area contributed by atoms with Crippen molar-refractivity contribution in [1.29, 1.82) is 0 Å². The molecule has 1 fully saturated rings. The van der Waals surface area contributed by atoms with Crippen LogP contribution in [-0.4, -0.2) is 22.8 Å². The zero-order chi connectivity index (χ0) is 12.1. The van der Waals surface area contributed by atoms with Gasteiger partial charge in [-0.1, -0.05) is 12.2 Å². The second-order valence-corrected chi connectivity index (χ2v) is 4.52. The number of hydrogen-bond donors (Lipinski definition) is 1. The van der Waals surface area contributed by atoms with Crippen molar-refractivity contribution in [2.24, 2.45) is 11.7 Å². The molecule has 1 saturated heterocycles. The fourth-order valence-corrected chi connectivity index (χ4v) is 2.25. The maximum Gasteiger partial charge on any atom is 0.0948 e. The summed E-state index contributed by atoms with van der Waals surface area (Å²) in [7, 11) is 0. The third kappa shape index (κ3) is 2.96. The van der Waals surface area contributed by atoms with Crippen LogP contribution in [0.4, 0.5) is 0 Å². The van der Waals surface area contributed by atoms with Crippen molar-refractivity contribution in [3.8, 4) is 0 Å². The van der Waals surface area contributed by atoms with Gasteiger partial charge in [0.2, 0.25) is 0 Å². The Balaban J connectivity index is 2.01. The van der Waals surface area contributed by atoms with Gasteiger partial charge < -0.3 is 15.0 Å². The normalized spacial score (nSPS) is 22.4. The maximum absolute atomic E-state index is 6.29. The lowest BCUT2D eigenvalue weighted by Crippen LogP contribution is -2.24. The Morgan fingerprint density at radius 1 is 1.71 bits per heavy atom. The molecule has 4 heteroatoms. The van der Waals surface area contributed by atoms with Crippen molar-refractivity contribution in [1.82, 2.24) is 9.55 Å². The van der Waals surface area contributed by atoms with E-state index in [4.69, 9.17) is 10.5 Å². The van der Waals surface area contributed by atoms with E-state index in [-0.39, 0.29) is 6.04 Å². The summed E-state index contributed by atoms with van der Waals surface area (Å²) in [6, 6.07) is 0.0469. The first kappa shape index (κ1) is 12.3. The summed E-state index contributed by atoms with van der Waals surface area (Å²) < 4.78 is 7.55. The van der Waals surface area contributed by atoms with Gasteiger partial charge in [-0.3, -0.25) is 0 Å². The Kier molecular flexibility index (Phi) is 4.34. The van der Waals surface area contributed by atoms with E-state index in [1.165, 1.54) is 0 Å². The van der Waals surface area contributed by atoms with Crippen LogP contribution in [0.25, 0.3) is 0 Å². The molecule has 1 aromatic heterocycles. The van der Waals surface area contributed by atoms with Crippen LogP contribution in [0.1, 0.15) is 31.5 Å². The predicted octanol–water partition coefficient (Wildman–Crippen LogP) is 1.89. The van der Waals surface area contributed by atoms with Crippen LogP contribution < -0.4 is 5.73 Å². The summed E-state index contributed by atoms with van der Waals surface area (Å²) in [4.78, 5) is 4.21. The Morgan fingerprint density at radius 3 is 3.29 bits per heavy atom. The molecule has 0 aliphatic carbocycles. The van der Waals surface area contributed by atoms with E-state index in [2.05, 4.69) is 21.7 Å². The summed E-state index contributed by atoms with van der Waals surface area (Å²) in [6.45, 7) is 4.60. The molecule has 2 atom stereocenters. The summed E-state index contributed by atoms with van der Waals surface area (Å²) in [5.74, 6) is 0.437. The first-order valence-corrected chi connectivity index (χ1v) is 6.27. The number of nitrogens with two attached hydrogens (primary N) is 1. The molecule has 0 saturated carbocycles. The number of ether oxygens (including phenoxy) is 1. The van der Waals surface area contributed by atoms with Crippen molar-refractivity contribution in [3.05, 3.63) is 30.4 Å². The third-order valence-corrected chi connectivity index (χ3v) is 3.33. The minimum Gasteiger partial charge on any atom is -0.381 e. The monoisotopic (exact) mass is 235 g/mol. The highest BCUT2D eigenvalue weighted by Crippen LogP contribution is 2.26. The van der Waals surface area contributed by atoms with E-state index in [0.29, 0.717) is 5.92 Å². The number of imidazole rings is 1. The van der Waals surface area contributed by atoms with E-state index in [0.717, 1.165) is 38.3 Å². The topological polar surface area (TPSA) is 53.1 Å². The number of allylic oxidation sites excluding steroid dienone is 2. The summed E-state index contributed by atoms with van der Waals surface area (Å²) in [6.07, 6.45) is 10.1. The highest BCUT2D eigenvalue weighted by atomic mass is 16.5. The summed E-state index contributed by atoms with van der Waals surface area (Å²) in [5.41, 5.74) is 7.42. The van der Waals surface area contributed by atoms with Crippen LogP contribution >= 0.6 is 0 Å². The van der Waals surface area contributed by atoms with Crippen molar-refractivity contribution in [3.63, 3.8) is 0 Å². The van der Waals surface area contributed by atoms with Crippen molar-refractivity contribution >= 4 is 0 Å². The van der Waals surface area contributed by atoms with Crippen LogP contribution in [0.15, 0.2) is 24.7 Å². The van der Waals surface area contributed by atoms with Gasteiger partial charge in [0.1, 0.15) is 0 Å². The van der Waals surface area contributed by atoms with Crippen LogP contribution in [0.5, 0.6) is 0 Å². The smallest absolute Gasteiger partial charge is 0.0948 e. The first-order chi connectivity index (χ1) is 8.33. The second-order valence-electron chi connectivity index (χ2n) is 4.52. The molecule has 2 N–H and O–H groups in total. The second kappa shape index (κ2) is 5.98. The molecule has 0 aromatic carbocycles. The fourth-order valence-electron chi connectivity index (χ4n) is 2.25. The lowest BCUT2D eigenvalue weighted by Gasteiger charge is -2.19. The van der Waals surface area contributed by atoms with E-state index >= 15 is 0 Å². The molecular formula is C13H21N3O. The van der Waals surface area contributed by atoms with Gasteiger partial charge in [0.25, 0.3) is 0 Å². The highest BCUT2D eigenvalue weighted by molar-refractivity contribution is 5.07. The van der Waals surface area contributed by atoms with Gasteiger partial charge >= 0.3 is 0 Å². The average molecular weight is 235 g/mol. The molecule has 0 bridgehead atoms. The van der Waals surface area contributed by atoms with Gasteiger partial charge in [-0.05, 0) is 19.8 Å². The van der Waals surface area contributed by atoms with Crippen molar-refractivity contribution in [2.45, 2.75) is 32.4 Å². The number of aromatic nitrogens is 2. The molecule has 0 amide bonds. The van der Waals surface area contributed by atoms with Gasteiger partial charge in [-0.15, -0.1) is 0 Å². The number of rotatable bonds is 5. The van der Waals surface area contributed by atoms with E-state index in [1.54, 1.807) is 0 Å². The predicted molar refractivity (Wildman–Crippen MR) is 67.5 cm³/mol. The maximum atomic E-state index is 6.29. The Labute approximate surface area is 102 Å². The molecule has 4 nitrogen and oxygen atoms in total. The molecule has 17 heavy (non-hydrogen) atoms. The molecule has 2 unspecified atom stereocenters. The number of aryl methyl sites for hydroxylation is 1. The molecule has 2 heterocycles. The lowest BCUT2D eigenvalue weighted by molar-refractivity contribution is 0.180. The van der Waals surface area contributed by atoms with Crippen molar-refractivity contribution in [2.75, 3.05) is 13.2 Å². The highest BCUT2D eigenvalue weighted by Gasteiger charge is 2.26. The van der Waals surface area contributed by atoms with Crippen LogP contribution in [0, 0.1) is 5.92 Å². The number of nitrogens with zero attached hydrogens (tertiary/aromatic N) is 2. The zero-order valence-electron chi connectivity index (χ0n) is 10.4. The quantitative estimate of drug-likeness (QED) is 0.793. The number of hydrogen-bond acceptors (Lipinski definition) is 3. The summed E-state index contributed by atoms with van der Waals surface area (Å²) in [5, 5.41) is 0. The van der Waals surface area contributed by atoms with Crippen LogP contribution in [-0.2, 0) is 11.3 Å². The molecule has 1 aliphatic heterocycles. The Bertz CT molecular complexity index is 366. The SMILES string of the molecule is C/C=C/CCn1cncc1C(N)C1CCOC1. The van der Waals surface area contributed by atoms with E-state index in [9.17, 15) is 0 Å². The third-order valence-electron chi connectivity index (χ3n) is 3.33. The minimum absolute atomic E-state index is 0.0469. The van der Waals surface area contributed by atoms with Gasteiger partial charge in [0.05, 0.1) is 24.7 Å². The van der Waals surface area contributed by atoms with Gasteiger partial charge in [-0.25, -0.2) is 4.98 Å². The largest absolute Gasteiger partial charge is 0.381 e. The van der Waals surface area contributed by atoms with E-state index < -0.39 is 0 Å².